The smallest absolute Gasteiger partial charge is 0.145 e. The van der Waals surface area contributed by atoms with Gasteiger partial charge in [-0.15, -0.1) is 0 Å². The molecule has 6 rings (SSSR count). The fourth-order valence-corrected chi connectivity index (χ4v) is 6.15. The minimum atomic E-state index is 0.0870. The van der Waals surface area contributed by atoms with Crippen molar-refractivity contribution >= 4 is 64.4 Å². The zero-order valence-corrected chi connectivity index (χ0v) is 26.4. The lowest BCUT2D eigenvalue weighted by molar-refractivity contribution is 0.590. The zero-order chi connectivity index (χ0) is 27.7. The molecule has 196 valence electrons. The van der Waals surface area contributed by atoms with Gasteiger partial charge in [-0.25, -0.2) is 4.98 Å². The Hall–Kier alpha value is -2.95. The Balaban J connectivity index is 1.74. The van der Waals surface area contributed by atoms with Crippen LogP contribution in [-0.4, -0.2) is 9.55 Å². The van der Waals surface area contributed by atoms with Gasteiger partial charge >= 0.3 is 0 Å². The number of fused-ring (bicyclic) bond motifs is 6. The Labute approximate surface area is 247 Å². The van der Waals surface area contributed by atoms with E-state index in [1.165, 1.54) is 27.3 Å². The molecule has 0 aliphatic rings. The van der Waals surface area contributed by atoms with Gasteiger partial charge in [0.25, 0.3) is 0 Å². The molecular formula is C35H32Br2N2. The van der Waals surface area contributed by atoms with E-state index in [1.54, 1.807) is 0 Å². The van der Waals surface area contributed by atoms with Crippen molar-refractivity contribution in [3.8, 4) is 17.1 Å². The molecular weight excluding hydrogens is 608 g/mol. The van der Waals surface area contributed by atoms with Crippen LogP contribution in [0.3, 0.4) is 0 Å². The van der Waals surface area contributed by atoms with E-state index < -0.39 is 0 Å². The molecule has 2 nitrogen and oxygen atoms in total. The van der Waals surface area contributed by atoms with Crippen molar-refractivity contribution in [1.82, 2.24) is 9.55 Å². The number of benzene rings is 5. The predicted octanol–water partition coefficient (Wildman–Crippen LogP) is 11.1. The van der Waals surface area contributed by atoms with Crippen LogP contribution in [0.4, 0.5) is 0 Å². The van der Waals surface area contributed by atoms with Crippen molar-refractivity contribution in [2.24, 2.45) is 0 Å². The van der Waals surface area contributed by atoms with Gasteiger partial charge in [-0.3, -0.25) is 4.57 Å². The standard InChI is InChI=1S/C35H32Br2N2/c1-34(2,3)22-9-7-21(8-10-22)33-38-31-27-17-13-24(36)19-29(27)30-20-25(37)14-18-28(30)32(31)39(33)26-15-11-23(12-16-26)35(4,5)6/h7-20H,1-6H3. The number of imidazole rings is 1. The molecule has 0 N–H and O–H groups in total. The number of halogens is 2. The number of rotatable bonds is 2. The average molecular weight is 640 g/mol. The van der Waals surface area contributed by atoms with Crippen LogP contribution in [0, 0.1) is 0 Å². The summed E-state index contributed by atoms with van der Waals surface area (Å²) in [4.78, 5) is 5.39. The Morgan fingerprint density at radius 2 is 1.05 bits per heavy atom. The van der Waals surface area contributed by atoms with Crippen molar-refractivity contribution in [2.45, 2.75) is 52.4 Å². The van der Waals surface area contributed by atoms with Crippen LogP contribution < -0.4 is 0 Å². The Morgan fingerprint density at radius 3 is 1.59 bits per heavy atom. The third-order valence-corrected chi connectivity index (χ3v) is 8.63. The van der Waals surface area contributed by atoms with Gasteiger partial charge in [0.15, 0.2) is 0 Å². The molecule has 0 aliphatic heterocycles. The SMILES string of the molecule is CC(C)(C)c1ccc(-c2nc3c4ccc(Br)cc4c4cc(Br)ccc4c3n2-c2ccc(C(C)(C)C)cc2)cc1. The lowest BCUT2D eigenvalue weighted by atomic mass is 9.86. The summed E-state index contributed by atoms with van der Waals surface area (Å²) in [6, 6.07) is 31.0. The van der Waals surface area contributed by atoms with Crippen LogP contribution in [0.25, 0.3) is 49.7 Å². The summed E-state index contributed by atoms with van der Waals surface area (Å²) in [5.74, 6) is 0.952. The summed E-state index contributed by atoms with van der Waals surface area (Å²) in [6.07, 6.45) is 0. The molecule has 39 heavy (non-hydrogen) atoms. The Morgan fingerprint density at radius 1 is 0.564 bits per heavy atom. The summed E-state index contributed by atoms with van der Waals surface area (Å²) < 4.78 is 4.48. The van der Waals surface area contributed by atoms with Crippen LogP contribution in [0.5, 0.6) is 0 Å². The topological polar surface area (TPSA) is 17.8 Å². The quantitative estimate of drug-likeness (QED) is 0.172. The maximum Gasteiger partial charge on any atom is 0.145 e. The minimum absolute atomic E-state index is 0.0870. The molecule has 5 aromatic carbocycles. The summed E-state index contributed by atoms with van der Waals surface area (Å²) in [5.41, 5.74) is 7.17. The molecule has 0 saturated heterocycles. The van der Waals surface area contributed by atoms with Crippen LogP contribution in [-0.2, 0) is 10.8 Å². The lowest BCUT2D eigenvalue weighted by Crippen LogP contribution is -2.11. The third-order valence-electron chi connectivity index (χ3n) is 7.64. The highest BCUT2D eigenvalue weighted by Gasteiger charge is 2.22. The van der Waals surface area contributed by atoms with Gasteiger partial charge < -0.3 is 0 Å². The first kappa shape index (κ1) is 26.3. The fourth-order valence-electron chi connectivity index (χ4n) is 5.42. The second kappa shape index (κ2) is 9.31. The van der Waals surface area contributed by atoms with Crippen molar-refractivity contribution < 1.29 is 0 Å². The average Bonchev–Trinajstić information content (AvgIpc) is 3.28. The van der Waals surface area contributed by atoms with Gasteiger partial charge in [0, 0.05) is 31.0 Å². The maximum absolute atomic E-state index is 5.39. The number of hydrogen-bond donors (Lipinski definition) is 0. The van der Waals surface area contributed by atoms with E-state index in [-0.39, 0.29) is 10.8 Å². The first-order chi connectivity index (χ1) is 18.4. The van der Waals surface area contributed by atoms with E-state index in [0.29, 0.717) is 0 Å². The molecule has 0 spiro atoms. The summed E-state index contributed by atoms with van der Waals surface area (Å²) in [7, 11) is 0. The van der Waals surface area contributed by atoms with E-state index in [4.69, 9.17) is 4.98 Å². The highest BCUT2D eigenvalue weighted by molar-refractivity contribution is 9.10. The third kappa shape index (κ3) is 4.62. The number of aromatic nitrogens is 2. The number of hydrogen-bond acceptors (Lipinski definition) is 1. The molecule has 4 heteroatoms. The summed E-state index contributed by atoms with van der Waals surface area (Å²) in [6.45, 7) is 13.5. The number of nitrogens with zero attached hydrogens (tertiary/aromatic N) is 2. The zero-order valence-electron chi connectivity index (χ0n) is 23.2. The lowest BCUT2D eigenvalue weighted by Gasteiger charge is -2.20. The highest BCUT2D eigenvalue weighted by Crippen LogP contribution is 2.41. The summed E-state index contributed by atoms with van der Waals surface area (Å²) in [5, 5.41) is 4.73. The molecule has 0 unspecified atom stereocenters. The molecule has 6 aromatic rings. The van der Waals surface area contributed by atoms with E-state index in [0.717, 1.165) is 42.4 Å². The van der Waals surface area contributed by atoms with Crippen molar-refractivity contribution in [3.05, 3.63) is 105 Å². The first-order valence-corrected chi connectivity index (χ1v) is 15.0. The molecule has 0 bridgehead atoms. The summed E-state index contributed by atoms with van der Waals surface area (Å²) >= 11 is 7.42. The maximum atomic E-state index is 5.39. The molecule has 1 aromatic heterocycles. The van der Waals surface area contributed by atoms with Gasteiger partial charge in [0.05, 0.1) is 11.0 Å². The normalized spacial score (nSPS) is 12.6. The van der Waals surface area contributed by atoms with Crippen LogP contribution >= 0.6 is 31.9 Å². The van der Waals surface area contributed by atoms with Gasteiger partial charge in [0.2, 0.25) is 0 Å². The fraction of sp³-hybridized carbons (Fsp3) is 0.229. The van der Waals surface area contributed by atoms with E-state index in [2.05, 4.69) is 163 Å². The monoisotopic (exact) mass is 638 g/mol. The molecule has 0 aliphatic carbocycles. The molecule has 0 saturated carbocycles. The molecule has 0 fully saturated rings. The highest BCUT2D eigenvalue weighted by atomic mass is 79.9. The van der Waals surface area contributed by atoms with E-state index in [1.807, 2.05) is 0 Å². The largest absolute Gasteiger partial charge is 0.292 e. The van der Waals surface area contributed by atoms with Crippen molar-refractivity contribution in [1.29, 1.82) is 0 Å². The van der Waals surface area contributed by atoms with Crippen LogP contribution in [0.2, 0.25) is 0 Å². The molecule has 1 heterocycles. The van der Waals surface area contributed by atoms with Crippen molar-refractivity contribution in [2.75, 3.05) is 0 Å². The molecule has 0 radical (unpaired) electrons. The second-order valence-corrected chi connectivity index (χ2v) is 14.3. The van der Waals surface area contributed by atoms with Gasteiger partial charge in [-0.2, -0.15) is 0 Å². The van der Waals surface area contributed by atoms with E-state index >= 15 is 0 Å². The molecule has 0 amide bonds. The minimum Gasteiger partial charge on any atom is -0.292 e. The molecule has 0 atom stereocenters. The van der Waals surface area contributed by atoms with Gasteiger partial charge in [0.1, 0.15) is 5.82 Å². The van der Waals surface area contributed by atoms with Gasteiger partial charge in [-0.05, 0) is 69.1 Å². The predicted molar refractivity (Wildman–Crippen MR) is 174 cm³/mol. The van der Waals surface area contributed by atoms with Crippen LogP contribution in [0.1, 0.15) is 52.7 Å². The van der Waals surface area contributed by atoms with Gasteiger partial charge in [-0.1, -0.05) is 122 Å². The van der Waals surface area contributed by atoms with Crippen molar-refractivity contribution in [3.63, 3.8) is 0 Å². The van der Waals surface area contributed by atoms with E-state index in [9.17, 15) is 0 Å². The van der Waals surface area contributed by atoms with Crippen LogP contribution in [0.15, 0.2) is 93.9 Å². The first-order valence-electron chi connectivity index (χ1n) is 13.4. The second-order valence-electron chi connectivity index (χ2n) is 12.5. The Bertz CT molecular complexity index is 1860. The Kier molecular flexibility index (Phi) is 6.28.